The van der Waals surface area contributed by atoms with Crippen molar-refractivity contribution in [2.24, 2.45) is 11.8 Å². The zero-order chi connectivity index (χ0) is 16.7. The quantitative estimate of drug-likeness (QED) is 0.555. The number of rotatable bonds is 7. The van der Waals surface area contributed by atoms with Crippen molar-refractivity contribution in [1.82, 2.24) is 0 Å². The van der Waals surface area contributed by atoms with Crippen molar-refractivity contribution in [2.45, 2.75) is 46.6 Å². The maximum atomic E-state index is 11.8. The molecule has 0 amide bonds. The van der Waals surface area contributed by atoms with E-state index in [1.807, 2.05) is 27.7 Å². The first kappa shape index (κ1) is 18.5. The van der Waals surface area contributed by atoms with E-state index in [0.29, 0.717) is 10.8 Å². The predicted octanol–water partition coefficient (Wildman–Crippen LogP) is 4.25. The van der Waals surface area contributed by atoms with Crippen LogP contribution in [-0.4, -0.2) is 18.0 Å². The second-order valence-corrected chi connectivity index (χ2v) is 6.31. The molecule has 0 saturated carbocycles. The van der Waals surface area contributed by atoms with Gasteiger partial charge in [-0.05, 0) is 30.0 Å². The Kier molecular flexibility index (Phi) is 7.39. The highest BCUT2D eigenvalue weighted by Crippen LogP contribution is 2.19. The minimum Gasteiger partial charge on any atom is -0.462 e. The van der Waals surface area contributed by atoms with Crippen LogP contribution in [0, 0.1) is 11.8 Å². The Morgan fingerprint density at radius 2 is 1.64 bits per heavy atom. The lowest BCUT2D eigenvalue weighted by Crippen LogP contribution is -2.29. The minimum absolute atomic E-state index is 0.00926. The third kappa shape index (κ3) is 6.48. The largest absolute Gasteiger partial charge is 0.462 e. The number of carbonyl (C=O) groups is 2. The molecule has 1 aromatic rings. The van der Waals surface area contributed by atoms with Crippen LogP contribution in [0.4, 0.5) is 0 Å². The van der Waals surface area contributed by atoms with Gasteiger partial charge in [0.05, 0.1) is 12.8 Å². The normalized spacial score (nSPS) is 11.1. The fraction of sp³-hybridized carbons (Fsp3) is 0.529. The van der Waals surface area contributed by atoms with E-state index in [2.05, 4.69) is 0 Å². The molecule has 22 heavy (non-hydrogen) atoms. The Balaban J connectivity index is 2.42. The van der Waals surface area contributed by atoms with Gasteiger partial charge in [-0.25, -0.2) is 0 Å². The zero-order valence-corrected chi connectivity index (χ0v) is 14.2. The second kappa shape index (κ2) is 8.79. The fourth-order valence-corrected chi connectivity index (χ4v) is 2.35. The van der Waals surface area contributed by atoms with Crippen LogP contribution in [0.3, 0.4) is 0 Å². The van der Waals surface area contributed by atoms with E-state index in [1.165, 1.54) is 0 Å². The zero-order valence-electron chi connectivity index (χ0n) is 13.5. The Hall–Kier alpha value is -1.55. The molecule has 1 rings (SSSR count). The van der Waals surface area contributed by atoms with Crippen LogP contribution < -0.4 is 4.74 Å². The number of hydrogen-bond acceptors (Lipinski definition) is 4. The van der Waals surface area contributed by atoms with Gasteiger partial charge in [-0.3, -0.25) is 9.59 Å². The summed E-state index contributed by atoms with van der Waals surface area (Å²) in [7, 11) is 0. The summed E-state index contributed by atoms with van der Waals surface area (Å²) in [6, 6.07) is 6.56. The first-order valence-electron chi connectivity index (χ1n) is 7.45. The highest BCUT2D eigenvalue weighted by atomic mass is 35.5. The van der Waals surface area contributed by atoms with Gasteiger partial charge in [0.2, 0.25) is 0 Å². The molecule has 122 valence electrons. The van der Waals surface area contributed by atoms with Crippen molar-refractivity contribution in [1.29, 1.82) is 0 Å². The molecule has 0 aliphatic carbocycles. The van der Waals surface area contributed by atoms with Crippen molar-refractivity contribution < 1.29 is 19.1 Å². The molecule has 0 aromatic heterocycles. The number of esters is 2. The monoisotopic (exact) mass is 326 g/mol. The van der Waals surface area contributed by atoms with E-state index in [-0.39, 0.29) is 36.8 Å². The molecule has 1 aromatic carbocycles. The van der Waals surface area contributed by atoms with Crippen molar-refractivity contribution in [2.75, 3.05) is 0 Å². The summed E-state index contributed by atoms with van der Waals surface area (Å²) < 4.78 is 10.5. The highest BCUT2D eigenvalue weighted by molar-refractivity contribution is 6.30. The number of halogens is 1. The lowest BCUT2D eigenvalue weighted by Gasteiger charge is -2.24. The second-order valence-electron chi connectivity index (χ2n) is 5.87. The fourth-order valence-electron chi connectivity index (χ4n) is 2.17. The van der Waals surface area contributed by atoms with Crippen LogP contribution in [0.2, 0.25) is 5.02 Å². The molecule has 0 aliphatic rings. The average molecular weight is 327 g/mol. The van der Waals surface area contributed by atoms with E-state index >= 15 is 0 Å². The summed E-state index contributed by atoms with van der Waals surface area (Å²) in [5, 5.41) is 0.487. The standard InChI is InChI=1S/C17H23ClO4/c1-11(2)17(12(3)4)22-16(20)9-8-15(19)21-14-7-5-6-13(18)10-14/h5-7,10-12,17H,8-9H2,1-4H3. The van der Waals surface area contributed by atoms with Crippen LogP contribution in [0.25, 0.3) is 0 Å². The summed E-state index contributed by atoms with van der Waals surface area (Å²) in [6.45, 7) is 8.02. The van der Waals surface area contributed by atoms with Crippen molar-refractivity contribution >= 4 is 23.5 Å². The lowest BCUT2D eigenvalue weighted by atomic mass is 9.96. The van der Waals surface area contributed by atoms with Gasteiger partial charge in [0.1, 0.15) is 11.9 Å². The Bertz CT molecular complexity index is 503. The molecule has 0 atom stereocenters. The van der Waals surface area contributed by atoms with Gasteiger partial charge in [0.15, 0.2) is 0 Å². The van der Waals surface area contributed by atoms with Gasteiger partial charge in [-0.15, -0.1) is 0 Å². The minimum atomic E-state index is -0.482. The third-order valence-electron chi connectivity index (χ3n) is 3.14. The summed E-state index contributed by atoms with van der Waals surface area (Å²) in [5.41, 5.74) is 0. The molecule has 0 saturated heterocycles. The Morgan fingerprint density at radius 3 is 2.18 bits per heavy atom. The summed E-state index contributed by atoms with van der Waals surface area (Å²) in [6.07, 6.45) is -0.152. The van der Waals surface area contributed by atoms with Gasteiger partial charge in [0, 0.05) is 5.02 Å². The van der Waals surface area contributed by atoms with Crippen molar-refractivity contribution in [3.63, 3.8) is 0 Å². The molecule has 0 heterocycles. The van der Waals surface area contributed by atoms with E-state index in [9.17, 15) is 9.59 Å². The molecule has 0 bridgehead atoms. The summed E-state index contributed by atoms with van der Waals surface area (Å²) >= 11 is 5.81. The smallest absolute Gasteiger partial charge is 0.311 e. The number of benzene rings is 1. The molecule has 0 unspecified atom stereocenters. The molecule has 0 aliphatic heterocycles. The van der Waals surface area contributed by atoms with Crippen LogP contribution >= 0.6 is 11.6 Å². The van der Waals surface area contributed by atoms with Crippen LogP contribution in [-0.2, 0) is 14.3 Å². The molecule has 5 heteroatoms. The Morgan fingerprint density at radius 1 is 1.05 bits per heavy atom. The van der Waals surface area contributed by atoms with E-state index in [4.69, 9.17) is 21.1 Å². The van der Waals surface area contributed by atoms with Crippen molar-refractivity contribution in [3.05, 3.63) is 29.3 Å². The predicted molar refractivity (Wildman–Crippen MR) is 85.9 cm³/mol. The maximum Gasteiger partial charge on any atom is 0.311 e. The van der Waals surface area contributed by atoms with Gasteiger partial charge >= 0.3 is 11.9 Å². The van der Waals surface area contributed by atoms with Gasteiger partial charge in [-0.1, -0.05) is 45.4 Å². The van der Waals surface area contributed by atoms with Gasteiger partial charge in [-0.2, -0.15) is 0 Å². The maximum absolute atomic E-state index is 11.8. The molecule has 0 fully saturated rings. The van der Waals surface area contributed by atoms with E-state index in [1.54, 1.807) is 24.3 Å². The lowest BCUT2D eigenvalue weighted by molar-refractivity contribution is -0.155. The Labute approximate surface area is 136 Å². The highest BCUT2D eigenvalue weighted by Gasteiger charge is 2.22. The first-order chi connectivity index (χ1) is 10.3. The van der Waals surface area contributed by atoms with Crippen LogP contribution in [0.5, 0.6) is 5.75 Å². The molecule has 0 radical (unpaired) electrons. The van der Waals surface area contributed by atoms with Crippen LogP contribution in [0.1, 0.15) is 40.5 Å². The van der Waals surface area contributed by atoms with Gasteiger partial charge in [0.25, 0.3) is 0 Å². The summed E-state index contributed by atoms with van der Waals surface area (Å²) in [4.78, 5) is 23.5. The first-order valence-corrected chi connectivity index (χ1v) is 7.83. The molecule has 0 N–H and O–H groups in total. The molecular formula is C17H23ClO4. The molecular weight excluding hydrogens is 304 g/mol. The molecule has 0 spiro atoms. The van der Waals surface area contributed by atoms with E-state index < -0.39 is 5.97 Å². The van der Waals surface area contributed by atoms with E-state index in [0.717, 1.165) is 0 Å². The number of hydrogen-bond donors (Lipinski definition) is 0. The van der Waals surface area contributed by atoms with Gasteiger partial charge < -0.3 is 9.47 Å². The van der Waals surface area contributed by atoms with Crippen molar-refractivity contribution in [3.8, 4) is 5.75 Å². The number of ether oxygens (including phenoxy) is 2. The SMILES string of the molecule is CC(C)C(OC(=O)CCC(=O)Oc1cccc(Cl)c1)C(C)C. The third-order valence-corrected chi connectivity index (χ3v) is 3.38. The molecule has 4 nitrogen and oxygen atoms in total. The van der Waals surface area contributed by atoms with Crippen LogP contribution in [0.15, 0.2) is 24.3 Å². The average Bonchev–Trinajstić information content (AvgIpc) is 2.42. The summed E-state index contributed by atoms with van der Waals surface area (Å²) in [5.74, 6) is -0.0156. The topological polar surface area (TPSA) is 52.6 Å². The number of carbonyl (C=O) groups excluding carboxylic acids is 2.